The Bertz CT molecular complexity index is 1320. The zero-order valence-corrected chi connectivity index (χ0v) is 19.5. The van der Waals surface area contributed by atoms with E-state index in [1.807, 2.05) is 6.92 Å². The van der Waals surface area contributed by atoms with Crippen molar-refractivity contribution in [1.29, 1.82) is 0 Å². The van der Waals surface area contributed by atoms with E-state index < -0.39 is 11.7 Å². The van der Waals surface area contributed by atoms with Crippen LogP contribution in [-0.2, 0) is 13.2 Å². The standard InChI is InChI=1S/C23H17Cl3FN3O3/c1-13-9-21(29-30(13)11-14-5-6-15(27)10-18(14)25)28-23(31)20-8-7-16(33-20)12-32-19-4-2-3-17(24)22(19)26/h2-10H,11-12H2,1H3,(H,28,29,31). The lowest BCUT2D eigenvalue weighted by atomic mass is 10.2. The fourth-order valence-corrected chi connectivity index (χ4v) is 3.62. The summed E-state index contributed by atoms with van der Waals surface area (Å²) in [6, 6.07) is 14.1. The van der Waals surface area contributed by atoms with Crippen LogP contribution in [0.15, 0.2) is 59.0 Å². The van der Waals surface area contributed by atoms with Gasteiger partial charge in [-0.3, -0.25) is 9.48 Å². The Morgan fingerprint density at radius 3 is 2.73 bits per heavy atom. The molecule has 2 heterocycles. The number of halogens is 4. The minimum Gasteiger partial charge on any atom is -0.484 e. The molecule has 0 aliphatic rings. The van der Waals surface area contributed by atoms with Crippen molar-refractivity contribution in [1.82, 2.24) is 9.78 Å². The Hall–Kier alpha value is -3.00. The average molecular weight is 509 g/mol. The van der Waals surface area contributed by atoms with Crippen LogP contribution < -0.4 is 10.1 Å². The maximum Gasteiger partial charge on any atom is 0.292 e. The Morgan fingerprint density at radius 1 is 1.12 bits per heavy atom. The third-order valence-corrected chi connectivity index (χ3v) is 5.88. The van der Waals surface area contributed by atoms with Crippen LogP contribution in [-0.4, -0.2) is 15.7 Å². The summed E-state index contributed by atoms with van der Waals surface area (Å²) in [7, 11) is 0. The lowest BCUT2D eigenvalue weighted by molar-refractivity contribution is 0.0992. The van der Waals surface area contributed by atoms with Crippen LogP contribution in [0, 0.1) is 12.7 Å². The van der Waals surface area contributed by atoms with E-state index >= 15 is 0 Å². The molecule has 0 fully saturated rings. The topological polar surface area (TPSA) is 69.3 Å². The zero-order chi connectivity index (χ0) is 23.5. The van der Waals surface area contributed by atoms with Gasteiger partial charge in [-0.1, -0.05) is 46.9 Å². The second-order valence-electron chi connectivity index (χ2n) is 7.13. The molecule has 2 aromatic carbocycles. The van der Waals surface area contributed by atoms with Gasteiger partial charge >= 0.3 is 0 Å². The number of ether oxygens (including phenoxy) is 1. The first-order valence-electron chi connectivity index (χ1n) is 9.75. The lowest BCUT2D eigenvalue weighted by Crippen LogP contribution is -2.12. The van der Waals surface area contributed by atoms with E-state index in [0.29, 0.717) is 44.5 Å². The summed E-state index contributed by atoms with van der Waals surface area (Å²) in [6.07, 6.45) is 0. The van der Waals surface area contributed by atoms with Gasteiger partial charge in [-0.15, -0.1) is 0 Å². The van der Waals surface area contributed by atoms with E-state index in [4.69, 9.17) is 44.0 Å². The molecule has 0 atom stereocenters. The Morgan fingerprint density at radius 2 is 1.94 bits per heavy atom. The number of hydrogen-bond donors (Lipinski definition) is 1. The number of rotatable bonds is 7. The minimum absolute atomic E-state index is 0.0690. The van der Waals surface area contributed by atoms with Gasteiger partial charge in [0.1, 0.15) is 29.0 Å². The van der Waals surface area contributed by atoms with Crippen molar-refractivity contribution in [2.75, 3.05) is 5.32 Å². The molecular formula is C23H17Cl3FN3O3. The Labute approximate surface area is 203 Å². The van der Waals surface area contributed by atoms with Gasteiger partial charge in [0.05, 0.1) is 11.6 Å². The van der Waals surface area contributed by atoms with E-state index in [2.05, 4.69) is 10.4 Å². The van der Waals surface area contributed by atoms with E-state index in [1.54, 1.807) is 41.1 Å². The van der Waals surface area contributed by atoms with Crippen LogP contribution in [0.2, 0.25) is 15.1 Å². The smallest absolute Gasteiger partial charge is 0.292 e. The summed E-state index contributed by atoms with van der Waals surface area (Å²) in [4.78, 5) is 12.6. The van der Waals surface area contributed by atoms with E-state index in [-0.39, 0.29) is 12.4 Å². The van der Waals surface area contributed by atoms with Crippen LogP contribution in [0.1, 0.15) is 27.6 Å². The number of hydrogen-bond acceptors (Lipinski definition) is 4. The van der Waals surface area contributed by atoms with Crippen molar-refractivity contribution in [2.45, 2.75) is 20.1 Å². The molecule has 33 heavy (non-hydrogen) atoms. The first-order valence-corrected chi connectivity index (χ1v) is 10.9. The molecule has 0 aliphatic carbocycles. The van der Waals surface area contributed by atoms with Crippen molar-refractivity contribution < 1.29 is 18.3 Å². The summed E-state index contributed by atoms with van der Waals surface area (Å²) < 4.78 is 26.1. The SMILES string of the molecule is Cc1cc(NC(=O)c2ccc(COc3cccc(Cl)c3Cl)o2)nn1Cc1ccc(F)cc1Cl. The fraction of sp³-hybridized carbons (Fsp3) is 0.130. The molecule has 0 unspecified atom stereocenters. The number of furan rings is 1. The molecule has 0 aliphatic heterocycles. The minimum atomic E-state index is -0.466. The van der Waals surface area contributed by atoms with E-state index in [0.717, 1.165) is 5.69 Å². The predicted molar refractivity (Wildman–Crippen MR) is 125 cm³/mol. The molecule has 10 heteroatoms. The van der Waals surface area contributed by atoms with Crippen LogP contribution in [0.3, 0.4) is 0 Å². The highest BCUT2D eigenvalue weighted by Crippen LogP contribution is 2.32. The highest BCUT2D eigenvalue weighted by molar-refractivity contribution is 6.42. The van der Waals surface area contributed by atoms with Crippen molar-refractivity contribution in [3.63, 3.8) is 0 Å². The molecule has 170 valence electrons. The van der Waals surface area contributed by atoms with Gasteiger partial charge in [-0.25, -0.2) is 4.39 Å². The third-order valence-electron chi connectivity index (χ3n) is 4.73. The summed E-state index contributed by atoms with van der Waals surface area (Å²) in [5.74, 6) is 0.409. The number of aromatic nitrogens is 2. The maximum absolute atomic E-state index is 13.3. The lowest BCUT2D eigenvalue weighted by Gasteiger charge is -2.07. The van der Waals surface area contributed by atoms with Crippen LogP contribution >= 0.6 is 34.8 Å². The summed E-state index contributed by atoms with van der Waals surface area (Å²) >= 11 is 18.2. The van der Waals surface area contributed by atoms with Crippen LogP contribution in [0.4, 0.5) is 10.2 Å². The predicted octanol–water partition coefficient (Wildman–Crippen LogP) is 6.76. The monoisotopic (exact) mass is 507 g/mol. The second kappa shape index (κ2) is 9.87. The van der Waals surface area contributed by atoms with Crippen molar-refractivity contribution in [3.8, 4) is 5.75 Å². The quantitative estimate of drug-likeness (QED) is 0.299. The van der Waals surface area contributed by atoms with E-state index in [9.17, 15) is 9.18 Å². The second-order valence-corrected chi connectivity index (χ2v) is 8.32. The summed E-state index contributed by atoms with van der Waals surface area (Å²) in [5.41, 5.74) is 1.50. The number of carbonyl (C=O) groups excluding carboxylic acids is 1. The van der Waals surface area contributed by atoms with Crippen molar-refractivity contribution in [2.24, 2.45) is 0 Å². The maximum atomic E-state index is 13.3. The molecular weight excluding hydrogens is 492 g/mol. The Balaban J connectivity index is 1.39. The highest BCUT2D eigenvalue weighted by atomic mass is 35.5. The molecule has 1 N–H and O–H groups in total. The fourth-order valence-electron chi connectivity index (χ4n) is 3.04. The summed E-state index contributed by atoms with van der Waals surface area (Å²) in [6.45, 7) is 2.23. The van der Waals surface area contributed by atoms with Gasteiger partial charge in [0.25, 0.3) is 5.91 Å². The number of nitrogens with zero attached hydrogens (tertiary/aromatic N) is 2. The summed E-state index contributed by atoms with van der Waals surface area (Å²) in [5, 5.41) is 8.06. The highest BCUT2D eigenvalue weighted by Gasteiger charge is 2.15. The molecule has 4 aromatic rings. The molecule has 1 amide bonds. The molecule has 6 nitrogen and oxygen atoms in total. The van der Waals surface area contributed by atoms with Crippen LogP contribution in [0.5, 0.6) is 5.75 Å². The largest absolute Gasteiger partial charge is 0.484 e. The zero-order valence-electron chi connectivity index (χ0n) is 17.2. The molecule has 4 rings (SSSR count). The third kappa shape index (κ3) is 5.50. The van der Waals surface area contributed by atoms with Gasteiger partial charge in [-0.2, -0.15) is 5.10 Å². The number of anilines is 1. The number of nitrogens with one attached hydrogen (secondary N) is 1. The normalized spacial score (nSPS) is 10.9. The van der Waals surface area contributed by atoms with Crippen molar-refractivity contribution in [3.05, 3.63) is 98.3 Å². The van der Waals surface area contributed by atoms with Crippen LogP contribution in [0.25, 0.3) is 0 Å². The van der Waals surface area contributed by atoms with Crippen molar-refractivity contribution >= 4 is 46.5 Å². The first-order chi connectivity index (χ1) is 15.8. The first kappa shape index (κ1) is 23.2. The van der Waals surface area contributed by atoms with Gasteiger partial charge in [0, 0.05) is 16.8 Å². The molecule has 0 saturated carbocycles. The molecule has 0 radical (unpaired) electrons. The molecule has 0 spiro atoms. The van der Waals surface area contributed by atoms with E-state index in [1.165, 1.54) is 18.2 Å². The number of aryl methyl sites for hydroxylation is 1. The number of amides is 1. The number of benzene rings is 2. The molecule has 0 saturated heterocycles. The van der Waals surface area contributed by atoms with Gasteiger partial charge in [-0.05, 0) is 48.9 Å². The number of carbonyl (C=O) groups is 1. The molecule has 2 aromatic heterocycles. The average Bonchev–Trinajstić information content (AvgIpc) is 3.38. The van der Waals surface area contributed by atoms with Gasteiger partial charge < -0.3 is 14.5 Å². The van der Waals surface area contributed by atoms with Gasteiger partial charge in [0.2, 0.25) is 0 Å². The molecule has 0 bridgehead atoms. The van der Waals surface area contributed by atoms with Gasteiger partial charge in [0.15, 0.2) is 11.6 Å². The Kier molecular flexibility index (Phi) is 6.93.